The average Bonchev–Trinajstić information content (AvgIpc) is 3.61. The number of nitrogens with zero attached hydrogens (tertiary/aromatic N) is 5. The maximum absolute atomic E-state index is 13.0. The highest BCUT2D eigenvalue weighted by Gasteiger charge is 2.42. The smallest absolute Gasteiger partial charge is 0.295 e. The molecule has 5 heterocycles. The molecule has 7 rings (SSSR count). The molecule has 0 radical (unpaired) electrons. The van der Waals surface area contributed by atoms with Crippen LogP contribution in [0.4, 0.5) is 0 Å². The maximum atomic E-state index is 13.0. The van der Waals surface area contributed by atoms with Gasteiger partial charge in [-0.05, 0) is 49.6 Å². The monoisotopic (exact) mass is 541 g/mol. The molecule has 3 aliphatic rings. The number of amides is 1. The van der Waals surface area contributed by atoms with Crippen LogP contribution in [0.15, 0.2) is 71.9 Å². The van der Waals surface area contributed by atoms with Crippen LogP contribution in [-0.4, -0.2) is 62.8 Å². The molecule has 39 heavy (non-hydrogen) atoms. The number of carbonyl (C=O) groups is 1. The van der Waals surface area contributed by atoms with Crippen LogP contribution in [0.2, 0.25) is 5.02 Å². The number of aliphatic imine (C=N–C) groups is 1. The van der Waals surface area contributed by atoms with Gasteiger partial charge in [0, 0.05) is 48.4 Å². The van der Waals surface area contributed by atoms with Crippen LogP contribution in [0, 0.1) is 5.92 Å². The summed E-state index contributed by atoms with van der Waals surface area (Å²) in [7, 11) is 0. The highest BCUT2D eigenvalue weighted by molar-refractivity contribution is 6.30. The Bertz CT molecular complexity index is 1560. The SMILES string of the molecule is O=C(N=C1COC2CN(Cc3c(-c4ccc(Cl)cc4)nc4ccccn34)CC12)c1cccc(OC2CCC2)n1. The molecule has 0 N–H and O–H groups in total. The summed E-state index contributed by atoms with van der Waals surface area (Å²) in [6, 6.07) is 19.1. The van der Waals surface area contributed by atoms with Gasteiger partial charge < -0.3 is 13.9 Å². The molecule has 2 saturated heterocycles. The van der Waals surface area contributed by atoms with E-state index in [2.05, 4.69) is 19.3 Å². The standard InChI is InChI=1S/C30H28ClN5O3/c31-20-12-10-19(11-13-20)29-25(36-14-2-1-8-27(36)34-29)16-35-15-22-24(18-38-26(22)17-35)33-30(37)23-7-4-9-28(32-23)39-21-5-3-6-21/h1-2,4,7-14,21-22,26H,3,5-6,15-18H2. The number of aromatic nitrogens is 3. The third-order valence-electron chi connectivity index (χ3n) is 7.86. The first-order valence-corrected chi connectivity index (χ1v) is 13.8. The number of rotatable bonds is 6. The van der Waals surface area contributed by atoms with Gasteiger partial charge in [0.15, 0.2) is 0 Å². The first-order valence-electron chi connectivity index (χ1n) is 13.4. The van der Waals surface area contributed by atoms with E-state index < -0.39 is 0 Å². The Morgan fingerprint density at radius 1 is 1.05 bits per heavy atom. The van der Waals surface area contributed by atoms with Crippen molar-refractivity contribution in [3.8, 4) is 17.1 Å². The molecule has 3 aromatic heterocycles. The minimum absolute atomic E-state index is 0.0101. The van der Waals surface area contributed by atoms with E-state index in [-0.39, 0.29) is 24.0 Å². The molecule has 1 amide bonds. The number of pyridine rings is 2. The molecule has 2 unspecified atom stereocenters. The van der Waals surface area contributed by atoms with Gasteiger partial charge >= 0.3 is 0 Å². The Labute approximate surface area is 231 Å². The fourth-order valence-electron chi connectivity index (χ4n) is 5.58. The predicted molar refractivity (Wildman–Crippen MR) is 148 cm³/mol. The zero-order chi connectivity index (χ0) is 26.3. The number of carbonyl (C=O) groups excluding carboxylic acids is 1. The van der Waals surface area contributed by atoms with Gasteiger partial charge in [-0.1, -0.05) is 35.9 Å². The van der Waals surface area contributed by atoms with Gasteiger partial charge in [0.05, 0.1) is 29.8 Å². The summed E-state index contributed by atoms with van der Waals surface area (Å²) in [4.78, 5) is 29.2. The fourth-order valence-corrected chi connectivity index (χ4v) is 5.71. The molecule has 3 fully saturated rings. The zero-order valence-corrected chi connectivity index (χ0v) is 22.1. The zero-order valence-electron chi connectivity index (χ0n) is 21.4. The maximum Gasteiger partial charge on any atom is 0.295 e. The van der Waals surface area contributed by atoms with Crippen molar-refractivity contribution in [2.75, 3.05) is 19.7 Å². The molecule has 2 aliphatic heterocycles. The third-order valence-corrected chi connectivity index (χ3v) is 8.11. The minimum Gasteiger partial charge on any atom is -0.474 e. The number of ether oxygens (including phenoxy) is 2. The van der Waals surface area contributed by atoms with Gasteiger partial charge in [-0.25, -0.2) is 15.0 Å². The number of hydrogen-bond acceptors (Lipinski definition) is 6. The van der Waals surface area contributed by atoms with Crippen molar-refractivity contribution in [1.29, 1.82) is 0 Å². The van der Waals surface area contributed by atoms with Crippen LogP contribution in [0.5, 0.6) is 5.88 Å². The molecule has 0 bridgehead atoms. The van der Waals surface area contributed by atoms with E-state index in [1.165, 1.54) is 6.42 Å². The molecule has 0 spiro atoms. The average molecular weight is 542 g/mol. The molecule has 198 valence electrons. The number of fused-ring (bicyclic) bond motifs is 2. The Balaban J connectivity index is 1.10. The number of likely N-dealkylation sites (tertiary alicyclic amines) is 1. The molecule has 2 atom stereocenters. The van der Waals surface area contributed by atoms with Gasteiger partial charge in [0.1, 0.15) is 17.4 Å². The van der Waals surface area contributed by atoms with Gasteiger partial charge in [0.2, 0.25) is 5.88 Å². The Kier molecular flexibility index (Phi) is 6.39. The lowest BCUT2D eigenvalue weighted by Crippen LogP contribution is -2.25. The van der Waals surface area contributed by atoms with Crippen LogP contribution in [0.1, 0.15) is 35.4 Å². The summed E-state index contributed by atoms with van der Waals surface area (Å²) in [6.07, 6.45) is 5.51. The Morgan fingerprint density at radius 2 is 1.92 bits per heavy atom. The second-order valence-corrected chi connectivity index (χ2v) is 10.9. The fraction of sp³-hybridized carbons (Fsp3) is 0.333. The van der Waals surface area contributed by atoms with Crippen molar-refractivity contribution in [3.05, 3.63) is 83.3 Å². The lowest BCUT2D eigenvalue weighted by molar-refractivity contribution is 0.0980. The Morgan fingerprint density at radius 3 is 2.74 bits per heavy atom. The van der Waals surface area contributed by atoms with Crippen LogP contribution in [0.25, 0.3) is 16.9 Å². The summed E-state index contributed by atoms with van der Waals surface area (Å²) in [5.74, 6) is 0.211. The first kappa shape index (κ1) is 24.5. The summed E-state index contributed by atoms with van der Waals surface area (Å²) >= 11 is 6.14. The molecule has 9 heteroatoms. The molecule has 8 nitrogen and oxygen atoms in total. The second kappa shape index (κ2) is 10.2. The van der Waals surface area contributed by atoms with Crippen LogP contribution in [-0.2, 0) is 11.3 Å². The normalized spacial score (nSPS) is 22.3. The van der Waals surface area contributed by atoms with Crippen LogP contribution < -0.4 is 4.74 Å². The molecular formula is C30H28ClN5O3. The van der Waals surface area contributed by atoms with Gasteiger partial charge in [-0.15, -0.1) is 0 Å². The number of imidazole rings is 1. The number of benzene rings is 1. The lowest BCUT2D eigenvalue weighted by Gasteiger charge is -2.25. The van der Waals surface area contributed by atoms with E-state index in [4.69, 9.17) is 26.1 Å². The minimum atomic E-state index is -0.349. The van der Waals surface area contributed by atoms with Crippen molar-refractivity contribution in [2.45, 2.75) is 38.0 Å². The van der Waals surface area contributed by atoms with E-state index in [0.29, 0.717) is 29.7 Å². The predicted octanol–water partition coefficient (Wildman–Crippen LogP) is 5.09. The summed E-state index contributed by atoms with van der Waals surface area (Å²) < 4.78 is 14.1. The van der Waals surface area contributed by atoms with E-state index in [1.807, 2.05) is 48.7 Å². The highest BCUT2D eigenvalue weighted by Crippen LogP contribution is 2.32. The van der Waals surface area contributed by atoms with Crippen molar-refractivity contribution in [2.24, 2.45) is 10.9 Å². The van der Waals surface area contributed by atoms with E-state index >= 15 is 0 Å². The first-order chi connectivity index (χ1) is 19.1. The van der Waals surface area contributed by atoms with Crippen molar-refractivity contribution in [1.82, 2.24) is 19.3 Å². The largest absolute Gasteiger partial charge is 0.474 e. The lowest BCUT2D eigenvalue weighted by atomic mass is 9.96. The van der Waals surface area contributed by atoms with Crippen LogP contribution in [0.3, 0.4) is 0 Å². The molecular weight excluding hydrogens is 514 g/mol. The number of halogens is 1. The molecule has 1 aromatic carbocycles. The topological polar surface area (TPSA) is 81.3 Å². The van der Waals surface area contributed by atoms with E-state index in [9.17, 15) is 4.79 Å². The van der Waals surface area contributed by atoms with E-state index in [1.54, 1.807) is 18.2 Å². The summed E-state index contributed by atoms with van der Waals surface area (Å²) in [6.45, 7) is 2.60. The van der Waals surface area contributed by atoms with Crippen LogP contribution >= 0.6 is 11.6 Å². The second-order valence-electron chi connectivity index (χ2n) is 10.4. The summed E-state index contributed by atoms with van der Waals surface area (Å²) in [5.41, 5.74) is 5.06. The summed E-state index contributed by atoms with van der Waals surface area (Å²) in [5, 5.41) is 0.697. The molecule has 4 aromatic rings. The third kappa shape index (κ3) is 4.84. The quantitative estimate of drug-likeness (QED) is 0.338. The molecule has 1 aliphatic carbocycles. The van der Waals surface area contributed by atoms with E-state index in [0.717, 1.165) is 54.2 Å². The van der Waals surface area contributed by atoms with Gasteiger partial charge in [-0.3, -0.25) is 9.69 Å². The van der Waals surface area contributed by atoms with Crippen molar-refractivity contribution < 1.29 is 14.3 Å². The Hall–Kier alpha value is -3.59. The van der Waals surface area contributed by atoms with Gasteiger partial charge in [0.25, 0.3) is 5.91 Å². The van der Waals surface area contributed by atoms with Crippen molar-refractivity contribution in [3.63, 3.8) is 0 Å². The van der Waals surface area contributed by atoms with Crippen molar-refractivity contribution >= 4 is 28.9 Å². The highest BCUT2D eigenvalue weighted by atomic mass is 35.5. The van der Waals surface area contributed by atoms with Gasteiger partial charge in [-0.2, -0.15) is 0 Å². The molecule has 1 saturated carbocycles. The number of hydrogen-bond donors (Lipinski definition) is 0.